The minimum atomic E-state index is 0.785. The summed E-state index contributed by atoms with van der Waals surface area (Å²) in [6.07, 6.45) is 7.61. The normalized spacial score (nSPS) is 21.5. The molecular weight excluding hydrogens is 220 g/mol. The first-order valence-corrected chi connectivity index (χ1v) is 7.17. The highest BCUT2D eigenvalue weighted by atomic mass is 15.2. The number of fused-ring (bicyclic) bond motifs is 1. The predicted molar refractivity (Wildman–Crippen MR) is 76.6 cm³/mol. The van der Waals surface area contributed by atoms with Crippen molar-refractivity contribution >= 4 is 10.9 Å². The third-order valence-electron chi connectivity index (χ3n) is 4.27. The lowest BCUT2D eigenvalue weighted by Gasteiger charge is -2.35. The Hall–Kier alpha value is -1.28. The van der Waals surface area contributed by atoms with Crippen molar-refractivity contribution in [2.45, 2.75) is 45.2 Å². The molecule has 0 amide bonds. The van der Waals surface area contributed by atoms with Crippen LogP contribution >= 0.6 is 0 Å². The summed E-state index contributed by atoms with van der Waals surface area (Å²) < 4.78 is 0. The van der Waals surface area contributed by atoms with Crippen LogP contribution < -0.4 is 0 Å². The topological polar surface area (TPSA) is 19.0 Å². The van der Waals surface area contributed by atoms with E-state index in [9.17, 15) is 0 Å². The molecule has 1 fully saturated rings. The fourth-order valence-electron chi connectivity index (χ4n) is 3.21. The summed E-state index contributed by atoms with van der Waals surface area (Å²) in [4.78, 5) is 6.05. The van der Waals surface area contributed by atoms with Crippen molar-refractivity contribution in [1.29, 1.82) is 0 Å². The van der Waals surface area contributed by atoms with Gasteiger partial charge in [0.2, 0.25) is 0 Å². The molecule has 0 saturated carbocycles. The van der Waals surface area contributed by atoms with E-state index in [1.54, 1.807) is 0 Å². The fraction of sp³-hybridized carbons (Fsp3) is 0.500. The van der Waals surface area contributed by atoms with Gasteiger partial charge in [0.05, 0.1) is 0 Å². The van der Waals surface area contributed by atoms with E-state index in [1.165, 1.54) is 48.7 Å². The number of hydrogen-bond donors (Lipinski definition) is 1. The maximum absolute atomic E-state index is 3.38. The number of H-pyrrole nitrogens is 1. The van der Waals surface area contributed by atoms with E-state index in [2.05, 4.69) is 47.3 Å². The first-order valence-electron chi connectivity index (χ1n) is 7.17. The molecule has 1 atom stereocenters. The Morgan fingerprint density at radius 3 is 3.06 bits per heavy atom. The Bertz CT molecular complexity index is 515. The average molecular weight is 242 g/mol. The van der Waals surface area contributed by atoms with Crippen LogP contribution in [0.5, 0.6) is 0 Å². The molecule has 1 N–H and O–H groups in total. The highest BCUT2D eigenvalue weighted by Gasteiger charge is 2.21. The number of nitrogens with zero attached hydrogens (tertiary/aromatic N) is 1. The van der Waals surface area contributed by atoms with Gasteiger partial charge in [-0.15, -0.1) is 0 Å². The van der Waals surface area contributed by atoms with Crippen LogP contribution in [0.3, 0.4) is 0 Å². The molecule has 1 saturated heterocycles. The largest absolute Gasteiger partial charge is 0.361 e. The van der Waals surface area contributed by atoms with E-state index in [0.717, 1.165) is 12.6 Å². The summed E-state index contributed by atoms with van der Waals surface area (Å²) in [7, 11) is 0. The first kappa shape index (κ1) is 11.8. The van der Waals surface area contributed by atoms with Crippen LogP contribution in [-0.4, -0.2) is 22.5 Å². The number of aromatic nitrogens is 1. The van der Waals surface area contributed by atoms with Gasteiger partial charge in [0.1, 0.15) is 0 Å². The Kier molecular flexibility index (Phi) is 3.37. The Morgan fingerprint density at radius 1 is 1.28 bits per heavy atom. The van der Waals surface area contributed by atoms with Crippen LogP contribution in [0.1, 0.15) is 38.2 Å². The molecule has 1 aliphatic rings. The molecule has 18 heavy (non-hydrogen) atoms. The van der Waals surface area contributed by atoms with E-state index in [4.69, 9.17) is 0 Å². The zero-order valence-corrected chi connectivity index (χ0v) is 11.2. The predicted octanol–water partition coefficient (Wildman–Crippen LogP) is 3.93. The van der Waals surface area contributed by atoms with Gasteiger partial charge in [0.15, 0.2) is 0 Å². The van der Waals surface area contributed by atoms with Crippen molar-refractivity contribution < 1.29 is 0 Å². The van der Waals surface area contributed by atoms with Crippen LogP contribution in [-0.2, 0) is 6.54 Å². The summed E-state index contributed by atoms with van der Waals surface area (Å²) >= 11 is 0. The smallest absolute Gasteiger partial charge is 0.0457 e. The van der Waals surface area contributed by atoms with Gasteiger partial charge in [0, 0.05) is 29.7 Å². The van der Waals surface area contributed by atoms with E-state index in [1.807, 2.05) is 0 Å². The minimum absolute atomic E-state index is 0.785. The number of benzene rings is 1. The lowest BCUT2D eigenvalue weighted by molar-refractivity contribution is 0.136. The van der Waals surface area contributed by atoms with Gasteiger partial charge in [-0.1, -0.05) is 31.5 Å². The van der Waals surface area contributed by atoms with Gasteiger partial charge in [0.25, 0.3) is 0 Å². The van der Waals surface area contributed by atoms with Crippen molar-refractivity contribution in [2.24, 2.45) is 0 Å². The first-order chi connectivity index (χ1) is 8.88. The van der Waals surface area contributed by atoms with Gasteiger partial charge < -0.3 is 4.98 Å². The average Bonchev–Trinajstić information content (AvgIpc) is 2.83. The van der Waals surface area contributed by atoms with Crippen LogP contribution in [0.2, 0.25) is 0 Å². The maximum atomic E-state index is 3.38. The van der Waals surface area contributed by atoms with Crippen molar-refractivity contribution in [2.75, 3.05) is 6.54 Å². The molecule has 2 nitrogen and oxygen atoms in total. The Labute approximate surface area is 109 Å². The molecule has 1 aliphatic heterocycles. The second-order valence-corrected chi connectivity index (χ2v) is 5.39. The minimum Gasteiger partial charge on any atom is -0.361 e. The van der Waals surface area contributed by atoms with Gasteiger partial charge >= 0.3 is 0 Å². The molecule has 0 aliphatic carbocycles. The number of rotatable bonds is 3. The second-order valence-electron chi connectivity index (χ2n) is 5.39. The van der Waals surface area contributed by atoms with Crippen LogP contribution in [0, 0.1) is 0 Å². The van der Waals surface area contributed by atoms with Gasteiger partial charge in [-0.2, -0.15) is 0 Å². The van der Waals surface area contributed by atoms with Crippen molar-refractivity contribution in [3.8, 4) is 0 Å². The number of nitrogens with one attached hydrogen (secondary N) is 1. The Morgan fingerprint density at radius 2 is 2.17 bits per heavy atom. The summed E-state index contributed by atoms with van der Waals surface area (Å²) in [5.74, 6) is 0. The lowest BCUT2D eigenvalue weighted by atomic mass is 9.99. The quantitative estimate of drug-likeness (QED) is 0.864. The summed E-state index contributed by atoms with van der Waals surface area (Å²) in [6, 6.07) is 9.40. The molecule has 1 unspecified atom stereocenters. The number of para-hydroxylation sites is 1. The van der Waals surface area contributed by atoms with Crippen molar-refractivity contribution in [3.63, 3.8) is 0 Å². The molecule has 1 aromatic carbocycles. The molecule has 0 bridgehead atoms. The van der Waals surface area contributed by atoms with E-state index >= 15 is 0 Å². The number of likely N-dealkylation sites (tertiary alicyclic amines) is 1. The molecular formula is C16H22N2. The second kappa shape index (κ2) is 5.15. The monoisotopic (exact) mass is 242 g/mol. The molecule has 2 aromatic rings. The number of hydrogen-bond acceptors (Lipinski definition) is 1. The highest BCUT2D eigenvalue weighted by Crippen LogP contribution is 2.25. The molecule has 3 rings (SSSR count). The van der Waals surface area contributed by atoms with Crippen molar-refractivity contribution in [1.82, 2.24) is 9.88 Å². The summed E-state index contributed by atoms with van der Waals surface area (Å²) in [5, 5.41) is 1.39. The summed E-state index contributed by atoms with van der Waals surface area (Å²) in [6.45, 7) is 4.68. The van der Waals surface area contributed by atoms with Gasteiger partial charge in [-0.05, 0) is 37.4 Å². The molecule has 2 heteroatoms. The highest BCUT2D eigenvalue weighted by molar-refractivity contribution is 5.82. The standard InChI is InChI=1S/C16H22N2/c1-2-14-7-5-6-10-18(14)12-13-11-17-16-9-4-3-8-15(13)16/h3-4,8-9,11,14,17H,2,5-7,10,12H2,1H3. The fourth-order valence-corrected chi connectivity index (χ4v) is 3.21. The zero-order chi connectivity index (χ0) is 12.4. The third-order valence-corrected chi connectivity index (χ3v) is 4.27. The summed E-state index contributed by atoms with van der Waals surface area (Å²) in [5.41, 5.74) is 2.71. The van der Waals surface area contributed by atoms with Crippen molar-refractivity contribution in [3.05, 3.63) is 36.0 Å². The third kappa shape index (κ3) is 2.17. The van der Waals surface area contributed by atoms with Crippen LogP contribution in [0.25, 0.3) is 10.9 Å². The lowest BCUT2D eigenvalue weighted by Crippen LogP contribution is -2.38. The maximum Gasteiger partial charge on any atom is 0.0457 e. The van der Waals surface area contributed by atoms with Gasteiger partial charge in [-0.25, -0.2) is 0 Å². The number of piperidine rings is 1. The van der Waals surface area contributed by atoms with E-state index < -0.39 is 0 Å². The zero-order valence-electron chi connectivity index (χ0n) is 11.2. The van der Waals surface area contributed by atoms with Crippen LogP contribution in [0.4, 0.5) is 0 Å². The molecule has 2 heterocycles. The number of aromatic amines is 1. The van der Waals surface area contributed by atoms with E-state index in [-0.39, 0.29) is 0 Å². The van der Waals surface area contributed by atoms with Gasteiger partial charge in [-0.3, -0.25) is 4.90 Å². The molecule has 0 radical (unpaired) electrons. The molecule has 0 spiro atoms. The van der Waals surface area contributed by atoms with E-state index in [0.29, 0.717) is 0 Å². The SMILES string of the molecule is CCC1CCCCN1Cc1c[nH]c2ccccc12. The molecule has 96 valence electrons. The molecule has 1 aromatic heterocycles. The Balaban J connectivity index is 1.82. The van der Waals surface area contributed by atoms with Crippen LogP contribution in [0.15, 0.2) is 30.5 Å².